The van der Waals surface area contributed by atoms with Gasteiger partial charge in [0.15, 0.2) is 5.96 Å². The number of aryl methyl sites for hydroxylation is 2. The highest BCUT2D eigenvalue weighted by Gasteiger charge is 2.19. The molecule has 3 N–H and O–H groups in total. The van der Waals surface area contributed by atoms with Gasteiger partial charge in [-0.2, -0.15) is 0 Å². The molecule has 0 radical (unpaired) electrons. The number of hydrogen-bond acceptors (Lipinski definition) is 5. The van der Waals surface area contributed by atoms with Crippen molar-refractivity contribution in [2.75, 3.05) is 33.8 Å². The summed E-state index contributed by atoms with van der Waals surface area (Å²) in [6.45, 7) is 8.92. The highest BCUT2D eigenvalue weighted by molar-refractivity contribution is 7.89. The number of ether oxygens (including phenoxy) is 1. The zero-order valence-corrected chi connectivity index (χ0v) is 16.8. The number of hydrogen-bond donors (Lipinski definition) is 3. The first-order valence-corrected chi connectivity index (χ1v) is 9.97. The minimum absolute atomic E-state index is 0.269. The molecule has 0 fully saturated rings. The first-order chi connectivity index (χ1) is 11.1. The average Bonchev–Trinajstić information content (AvgIpc) is 2.86. The molecule has 1 aromatic rings. The first-order valence-electron chi connectivity index (χ1n) is 7.67. The summed E-state index contributed by atoms with van der Waals surface area (Å²) in [5.41, 5.74) is -0.312. The third-order valence-electron chi connectivity index (χ3n) is 3.45. The smallest absolute Gasteiger partial charge is 0.241 e. The Bertz CT molecular complexity index is 666. The van der Waals surface area contributed by atoms with Crippen LogP contribution in [-0.4, -0.2) is 53.8 Å². The quantitative estimate of drug-likeness (QED) is 0.361. The number of rotatable bonds is 8. The molecule has 0 spiro atoms. The molecule has 0 aliphatic carbocycles. The number of thiophene rings is 1. The average molecular weight is 377 g/mol. The van der Waals surface area contributed by atoms with E-state index in [1.165, 1.54) is 11.3 Å². The van der Waals surface area contributed by atoms with E-state index in [9.17, 15) is 8.42 Å². The minimum atomic E-state index is -3.47. The van der Waals surface area contributed by atoms with Crippen LogP contribution in [0.4, 0.5) is 0 Å². The Labute approximate surface area is 149 Å². The monoisotopic (exact) mass is 376 g/mol. The van der Waals surface area contributed by atoms with Crippen molar-refractivity contribution < 1.29 is 13.2 Å². The molecule has 9 heteroatoms. The van der Waals surface area contributed by atoms with Gasteiger partial charge in [0.25, 0.3) is 0 Å². The maximum atomic E-state index is 12.3. The Hall–Kier alpha value is -1.16. The molecular weight excluding hydrogens is 348 g/mol. The van der Waals surface area contributed by atoms with E-state index >= 15 is 0 Å². The number of sulfonamides is 1. The lowest BCUT2D eigenvalue weighted by Gasteiger charge is -2.24. The molecule has 0 saturated carbocycles. The summed E-state index contributed by atoms with van der Waals surface area (Å²) in [6.07, 6.45) is 0. The number of nitrogens with one attached hydrogen (secondary N) is 3. The Balaban J connectivity index is 2.45. The van der Waals surface area contributed by atoms with Crippen molar-refractivity contribution in [1.82, 2.24) is 15.4 Å². The highest BCUT2D eigenvalue weighted by atomic mass is 32.2. The fraction of sp³-hybridized carbons (Fsp3) is 0.667. The van der Waals surface area contributed by atoms with E-state index in [4.69, 9.17) is 4.74 Å². The van der Waals surface area contributed by atoms with Gasteiger partial charge in [0.2, 0.25) is 10.0 Å². The summed E-state index contributed by atoms with van der Waals surface area (Å²) in [4.78, 5) is 6.24. The molecule has 0 bridgehead atoms. The van der Waals surface area contributed by atoms with E-state index in [0.29, 0.717) is 23.9 Å². The van der Waals surface area contributed by atoms with Gasteiger partial charge < -0.3 is 15.4 Å². The summed E-state index contributed by atoms with van der Waals surface area (Å²) in [6, 6.07) is 1.70. The van der Waals surface area contributed by atoms with Crippen molar-refractivity contribution >= 4 is 27.3 Å². The maximum absolute atomic E-state index is 12.3. The van der Waals surface area contributed by atoms with Gasteiger partial charge in [-0.3, -0.25) is 4.99 Å². The lowest BCUT2D eigenvalue weighted by molar-refractivity contribution is 0.0268. The molecule has 0 aliphatic rings. The van der Waals surface area contributed by atoms with Crippen LogP contribution in [0.3, 0.4) is 0 Å². The van der Waals surface area contributed by atoms with Crippen LogP contribution in [-0.2, 0) is 14.8 Å². The van der Waals surface area contributed by atoms with Crippen molar-refractivity contribution in [3.63, 3.8) is 0 Å². The van der Waals surface area contributed by atoms with Gasteiger partial charge in [-0.1, -0.05) is 0 Å². The molecule has 138 valence electrons. The fourth-order valence-electron chi connectivity index (χ4n) is 1.91. The van der Waals surface area contributed by atoms with Gasteiger partial charge in [-0.15, -0.1) is 11.3 Å². The lowest BCUT2D eigenvalue weighted by Crippen LogP contribution is -2.46. The first kappa shape index (κ1) is 20.9. The molecule has 0 saturated heterocycles. The minimum Gasteiger partial charge on any atom is -0.377 e. The second-order valence-electron chi connectivity index (χ2n) is 5.99. The van der Waals surface area contributed by atoms with Gasteiger partial charge in [-0.05, 0) is 33.8 Å². The Morgan fingerprint density at radius 3 is 2.46 bits per heavy atom. The summed E-state index contributed by atoms with van der Waals surface area (Å²) >= 11 is 1.48. The van der Waals surface area contributed by atoms with Crippen molar-refractivity contribution in [3.05, 3.63) is 15.8 Å². The van der Waals surface area contributed by atoms with E-state index in [1.54, 1.807) is 20.2 Å². The van der Waals surface area contributed by atoms with Gasteiger partial charge >= 0.3 is 0 Å². The second-order valence-corrected chi connectivity index (χ2v) is 9.19. The molecule has 24 heavy (non-hydrogen) atoms. The third kappa shape index (κ3) is 6.39. The lowest BCUT2D eigenvalue weighted by atomic mass is 10.1. The number of aliphatic imine (C=N–C) groups is 1. The zero-order chi connectivity index (χ0) is 18.4. The van der Waals surface area contributed by atoms with E-state index in [0.717, 1.165) is 9.75 Å². The van der Waals surface area contributed by atoms with Crippen LogP contribution in [0.25, 0.3) is 0 Å². The van der Waals surface area contributed by atoms with E-state index in [1.807, 2.05) is 27.7 Å². The van der Waals surface area contributed by atoms with Gasteiger partial charge in [-0.25, -0.2) is 13.1 Å². The summed E-state index contributed by atoms with van der Waals surface area (Å²) in [5, 5.41) is 6.21. The molecule has 1 rings (SSSR count). The van der Waals surface area contributed by atoms with Crippen molar-refractivity contribution in [1.29, 1.82) is 0 Å². The zero-order valence-electron chi connectivity index (χ0n) is 15.2. The fourth-order valence-corrected chi connectivity index (χ4v) is 4.49. The van der Waals surface area contributed by atoms with Crippen LogP contribution in [0.2, 0.25) is 0 Å². The molecule has 0 aliphatic heterocycles. The molecule has 7 nitrogen and oxygen atoms in total. The van der Waals surface area contributed by atoms with Gasteiger partial charge in [0, 0.05) is 43.5 Å². The van der Waals surface area contributed by atoms with Crippen LogP contribution in [0.1, 0.15) is 23.6 Å². The van der Waals surface area contributed by atoms with Gasteiger partial charge in [0.1, 0.15) is 0 Å². The molecule has 0 unspecified atom stereocenters. The Kier molecular flexibility index (Phi) is 7.65. The molecule has 1 heterocycles. The maximum Gasteiger partial charge on any atom is 0.241 e. The van der Waals surface area contributed by atoms with Crippen LogP contribution < -0.4 is 15.4 Å². The number of guanidine groups is 1. The number of methoxy groups -OCH3 is 1. The van der Waals surface area contributed by atoms with Gasteiger partial charge in [0.05, 0.1) is 10.5 Å². The Morgan fingerprint density at radius 2 is 1.96 bits per heavy atom. The molecule has 1 aromatic heterocycles. The molecule has 0 amide bonds. The normalized spacial score (nSPS) is 13.2. The van der Waals surface area contributed by atoms with E-state index < -0.39 is 10.0 Å². The van der Waals surface area contributed by atoms with E-state index in [2.05, 4.69) is 20.3 Å². The largest absolute Gasteiger partial charge is 0.377 e. The third-order valence-corrected chi connectivity index (χ3v) is 6.13. The van der Waals surface area contributed by atoms with Crippen LogP contribution in [0.15, 0.2) is 16.0 Å². The van der Waals surface area contributed by atoms with Crippen LogP contribution >= 0.6 is 11.3 Å². The SMILES string of the molecule is CN=C(NCCNS(=O)(=O)c1cc(C)sc1C)NCC(C)(C)OC. The standard InChI is InChI=1S/C15H28N4O3S2/c1-11-9-13(12(2)23-11)24(20,21)19-8-7-17-14(16-5)18-10-15(3,4)22-6/h9,19H,7-8,10H2,1-6H3,(H2,16,17,18). The highest BCUT2D eigenvalue weighted by Crippen LogP contribution is 2.24. The number of nitrogens with zero attached hydrogens (tertiary/aromatic N) is 1. The molecular formula is C15H28N4O3S2. The van der Waals surface area contributed by atoms with Crippen molar-refractivity contribution in [2.45, 2.75) is 38.2 Å². The molecule has 0 aromatic carbocycles. The van der Waals surface area contributed by atoms with Crippen LogP contribution in [0, 0.1) is 13.8 Å². The Morgan fingerprint density at radius 1 is 1.29 bits per heavy atom. The topological polar surface area (TPSA) is 91.8 Å². The second kappa shape index (κ2) is 8.80. The summed E-state index contributed by atoms with van der Waals surface area (Å²) in [7, 11) is -0.157. The summed E-state index contributed by atoms with van der Waals surface area (Å²) in [5.74, 6) is 0.599. The summed E-state index contributed by atoms with van der Waals surface area (Å²) < 4.78 is 32.5. The van der Waals surface area contributed by atoms with E-state index in [-0.39, 0.29) is 12.1 Å². The van der Waals surface area contributed by atoms with Crippen molar-refractivity contribution in [2.24, 2.45) is 4.99 Å². The predicted molar refractivity (Wildman–Crippen MR) is 99.4 cm³/mol. The van der Waals surface area contributed by atoms with Crippen molar-refractivity contribution in [3.8, 4) is 0 Å². The van der Waals surface area contributed by atoms with Crippen LogP contribution in [0.5, 0.6) is 0 Å². The molecule has 0 atom stereocenters. The predicted octanol–water partition coefficient (Wildman–Crippen LogP) is 1.23.